The van der Waals surface area contributed by atoms with E-state index < -0.39 is 17.7 Å². The molecule has 1 unspecified atom stereocenters. The van der Waals surface area contributed by atoms with E-state index in [-0.39, 0.29) is 11.3 Å². The Morgan fingerprint density at radius 3 is 2.55 bits per heavy atom. The van der Waals surface area contributed by atoms with Gasteiger partial charge in [0.05, 0.1) is 11.6 Å². The predicted molar refractivity (Wildman–Crippen MR) is 121 cm³/mol. The Morgan fingerprint density at radius 1 is 1.19 bits per heavy atom. The molecule has 1 aliphatic heterocycles. The average molecular weight is 421 g/mol. The summed E-state index contributed by atoms with van der Waals surface area (Å²) in [6, 6.07) is 13.8. The van der Waals surface area contributed by atoms with Crippen molar-refractivity contribution in [2.75, 3.05) is 33.8 Å². The van der Waals surface area contributed by atoms with Gasteiger partial charge in [-0.25, -0.2) is 0 Å². The van der Waals surface area contributed by atoms with Crippen LogP contribution in [0.25, 0.3) is 5.76 Å². The molecule has 1 fully saturated rings. The molecule has 162 valence electrons. The first-order valence-corrected chi connectivity index (χ1v) is 10.2. The van der Waals surface area contributed by atoms with Crippen LogP contribution in [-0.2, 0) is 9.59 Å². The van der Waals surface area contributed by atoms with Gasteiger partial charge in [-0.1, -0.05) is 54.6 Å². The van der Waals surface area contributed by atoms with Gasteiger partial charge in [0.25, 0.3) is 11.7 Å². The van der Waals surface area contributed by atoms with Crippen molar-refractivity contribution < 1.29 is 19.4 Å². The molecule has 6 nitrogen and oxygen atoms in total. The van der Waals surface area contributed by atoms with Gasteiger partial charge in [-0.15, -0.1) is 0 Å². The average Bonchev–Trinajstić information content (AvgIpc) is 3.01. The van der Waals surface area contributed by atoms with E-state index in [0.717, 1.165) is 5.56 Å². The molecule has 0 radical (unpaired) electrons. The summed E-state index contributed by atoms with van der Waals surface area (Å²) in [5, 5.41) is 11.1. The number of Topliss-reactive ketones (excluding diaryl/α,β-unsaturated/α-hetero) is 1. The van der Waals surface area contributed by atoms with Crippen LogP contribution in [0.15, 0.2) is 66.8 Å². The molecular formula is C25H28N2O4. The van der Waals surface area contributed by atoms with E-state index in [2.05, 4.69) is 6.58 Å². The van der Waals surface area contributed by atoms with Gasteiger partial charge in [0.1, 0.15) is 18.1 Å². The number of hydrogen-bond donors (Lipinski definition) is 1. The minimum Gasteiger partial charge on any atom is -0.507 e. The summed E-state index contributed by atoms with van der Waals surface area (Å²) in [5.41, 5.74) is 2.33. The molecule has 1 aliphatic rings. The molecule has 2 aromatic rings. The number of nitrogens with zero attached hydrogens (tertiary/aromatic N) is 2. The number of ether oxygens (including phenoxy) is 1. The second kappa shape index (κ2) is 9.62. The summed E-state index contributed by atoms with van der Waals surface area (Å²) in [7, 11) is 3.81. The number of likely N-dealkylation sites (N-methyl/N-ethyl adjacent to an activating group) is 1. The van der Waals surface area contributed by atoms with Crippen LogP contribution in [0, 0.1) is 6.92 Å². The highest BCUT2D eigenvalue weighted by molar-refractivity contribution is 6.46. The Labute approximate surface area is 183 Å². The maximum absolute atomic E-state index is 13.0. The molecule has 1 saturated heterocycles. The molecule has 3 rings (SSSR count). The van der Waals surface area contributed by atoms with Gasteiger partial charge in [0.2, 0.25) is 0 Å². The zero-order valence-corrected chi connectivity index (χ0v) is 18.2. The molecule has 6 heteroatoms. The third kappa shape index (κ3) is 4.86. The second-order valence-corrected chi connectivity index (χ2v) is 7.83. The van der Waals surface area contributed by atoms with Gasteiger partial charge < -0.3 is 19.6 Å². The van der Waals surface area contributed by atoms with Crippen LogP contribution in [-0.4, -0.2) is 60.4 Å². The molecule has 2 aromatic carbocycles. The zero-order chi connectivity index (χ0) is 22.5. The van der Waals surface area contributed by atoms with Crippen LogP contribution in [0.1, 0.15) is 22.7 Å². The number of ketones is 1. The summed E-state index contributed by atoms with van der Waals surface area (Å²) in [5.74, 6) is -0.865. The lowest BCUT2D eigenvalue weighted by atomic mass is 9.95. The highest BCUT2D eigenvalue weighted by Crippen LogP contribution is 2.40. The van der Waals surface area contributed by atoms with Crippen LogP contribution >= 0.6 is 0 Å². The SMILES string of the molecule is C=CCOc1cccc(C2/C(=C(/O)c3ccc(C)cc3)C(=O)C(=O)N2CCN(C)C)c1. The van der Waals surface area contributed by atoms with Crippen LogP contribution in [0.3, 0.4) is 0 Å². The Kier molecular flexibility index (Phi) is 6.92. The van der Waals surface area contributed by atoms with Gasteiger partial charge in [-0.2, -0.15) is 0 Å². The molecule has 0 bridgehead atoms. The van der Waals surface area contributed by atoms with Crippen molar-refractivity contribution in [3.63, 3.8) is 0 Å². The van der Waals surface area contributed by atoms with E-state index in [4.69, 9.17) is 4.74 Å². The number of carbonyl (C=O) groups excluding carboxylic acids is 2. The molecule has 31 heavy (non-hydrogen) atoms. The summed E-state index contributed by atoms with van der Waals surface area (Å²) in [4.78, 5) is 29.4. The first-order valence-electron chi connectivity index (χ1n) is 10.2. The van der Waals surface area contributed by atoms with Crippen molar-refractivity contribution in [2.24, 2.45) is 0 Å². The van der Waals surface area contributed by atoms with Gasteiger partial charge in [0, 0.05) is 18.7 Å². The van der Waals surface area contributed by atoms with E-state index in [1.165, 1.54) is 4.90 Å². The Bertz CT molecular complexity index is 1010. The van der Waals surface area contributed by atoms with Crippen molar-refractivity contribution in [3.05, 3.63) is 83.4 Å². The van der Waals surface area contributed by atoms with E-state index in [1.54, 1.807) is 30.3 Å². The third-order valence-corrected chi connectivity index (χ3v) is 5.19. The lowest BCUT2D eigenvalue weighted by Gasteiger charge is -2.27. The molecule has 1 amide bonds. The first-order chi connectivity index (χ1) is 14.8. The van der Waals surface area contributed by atoms with Gasteiger partial charge in [-0.3, -0.25) is 9.59 Å². The lowest BCUT2D eigenvalue weighted by Crippen LogP contribution is -2.35. The van der Waals surface area contributed by atoms with E-state index in [0.29, 0.717) is 36.6 Å². The molecule has 1 N–H and O–H groups in total. The number of aliphatic hydroxyl groups is 1. The monoisotopic (exact) mass is 420 g/mol. The van der Waals surface area contributed by atoms with Gasteiger partial charge >= 0.3 is 0 Å². The summed E-state index contributed by atoms with van der Waals surface area (Å²) in [6.45, 7) is 6.88. The molecular weight excluding hydrogens is 392 g/mol. The number of amides is 1. The Balaban J connectivity index is 2.12. The number of aliphatic hydroxyl groups excluding tert-OH is 1. The molecule has 0 spiro atoms. The number of hydrogen-bond acceptors (Lipinski definition) is 5. The van der Waals surface area contributed by atoms with Crippen molar-refractivity contribution >= 4 is 17.4 Å². The van der Waals surface area contributed by atoms with Crippen molar-refractivity contribution in [2.45, 2.75) is 13.0 Å². The zero-order valence-electron chi connectivity index (χ0n) is 18.2. The Hall–Kier alpha value is -3.38. The normalized spacial score (nSPS) is 17.9. The minimum atomic E-state index is -0.700. The highest BCUT2D eigenvalue weighted by Gasteiger charge is 2.46. The van der Waals surface area contributed by atoms with Crippen molar-refractivity contribution in [3.8, 4) is 5.75 Å². The van der Waals surface area contributed by atoms with E-state index >= 15 is 0 Å². The fourth-order valence-corrected chi connectivity index (χ4v) is 3.56. The number of benzene rings is 2. The summed E-state index contributed by atoms with van der Waals surface area (Å²) >= 11 is 0. The predicted octanol–water partition coefficient (Wildman–Crippen LogP) is 3.54. The number of aryl methyl sites for hydroxylation is 1. The van der Waals surface area contributed by atoms with Crippen molar-refractivity contribution in [1.82, 2.24) is 9.80 Å². The lowest BCUT2D eigenvalue weighted by molar-refractivity contribution is -0.140. The van der Waals surface area contributed by atoms with Gasteiger partial charge in [0.15, 0.2) is 0 Å². The highest BCUT2D eigenvalue weighted by atomic mass is 16.5. The largest absolute Gasteiger partial charge is 0.507 e. The molecule has 0 saturated carbocycles. The van der Waals surface area contributed by atoms with E-state index in [1.807, 2.05) is 50.2 Å². The summed E-state index contributed by atoms with van der Waals surface area (Å²) < 4.78 is 5.64. The van der Waals surface area contributed by atoms with E-state index in [9.17, 15) is 14.7 Å². The van der Waals surface area contributed by atoms with Gasteiger partial charge in [-0.05, 0) is 38.7 Å². The van der Waals surface area contributed by atoms with Crippen LogP contribution in [0.5, 0.6) is 5.75 Å². The third-order valence-electron chi connectivity index (χ3n) is 5.19. The second-order valence-electron chi connectivity index (χ2n) is 7.83. The quantitative estimate of drug-likeness (QED) is 0.306. The van der Waals surface area contributed by atoms with Crippen LogP contribution < -0.4 is 4.74 Å². The maximum atomic E-state index is 13.0. The molecule has 0 aliphatic carbocycles. The first kappa shape index (κ1) is 22.3. The fraction of sp³-hybridized carbons (Fsp3) is 0.280. The smallest absolute Gasteiger partial charge is 0.295 e. The fourth-order valence-electron chi connectivity index (χ4n) is 3.56. The number of likely N-dealkylation sites (tertiary alicyclic amines) is 1. The molecule has 1 atom stereocenters. The summed E-state index contributed by atoms with van der Waals surface area (Å²) in [6.07, 6.45) is 1.65. The standard InChI is InChI=1S/C25H28N2O4/c1-5-15-31-20-8-6-7-19(16-20)22-21(23(28)18-11-9-17(2)10-12-18)24(29)25(30)27(22)14-13-26(3)4/h5-12,16,22,28H,1,13-15H2,2-4H3/b23-21-. The van der Waals surface area contributed by atoms with Crippen LogP contribution in [0.4, 0.5) is 0 Å². The molecule has 0 aromatic heterocycles. The topological polar surface area (TPSA) is 70.1 Å². The van der Waals surface area contributed by atoms with Crippen molar-refractivity contribution in [1.29, 1.82) is 0 Å². The minimum absolute atomic E-state index is 0.0912. The number of rotatable bonds is 8. The molecule has 1 heterocycles. The Morgan fingerprint density at radius 2 is 1.90 bits per heavy atom. The maximum Gasteiger partial charge on any atom is 0.295 e. The van der Waals surface area contributed by atoms with Crippen LogP contribution in [0.2, 0.25) is 0 Å². The number of carbonyl (C=O) groups is 2.